The Hall–Kier alpha value is -5.94. The lowest BCUT2D eigenvalue weighted by atomic mass is 9.70. The van der Waals surface area contributed by atoms with Crippen molar-refractivity contribution in [2.24, 2.45) is 35.5 Å². The number of benzene rings is 3. The second-order valence-corrected chi connectivity index (χ2v) is 20.2. The first-order valence-electron chi connectivity index (χ1n) is 30.1. The Bertz CT molecular complexity index is 3470. The molecule has 0 spiro atoms. The van der Waals surface area contributed by atoms with Gasteiger partial charge < -0.3 is 4.42 Å². The Kier molecular flexibility index (Phi) is 9.48. The molecule has 5 heteroatoms. The number of rotatable bonds is 0. The minimum atomic E-state index is -2.58. The minimum absolute atomic E-state index is 0.0744. The molecule has 0 radical (unpaired) electrons. The van der Waals surface area contributed by atoms with Crippen molar-refractivity contribution in [1.82, 2.24) is 19.9 Å². The van der Waals surface area contributed by atoms with Gasteiger partial charge in [-0.1, -0.05) is 72.8 Å². The summed E-state index contributed by atoms with van der Waals surface area (Å²) in [6.45, 7) is 1.85. The molecule has 31 rings (SSSR count). The predicted octanol–water partition coefficient (Wildman–Crippen LogP) is 15.6. The maximum atomic E-state index is 10.1. The molecule has 5 nitrogen and oxygen atoms in total. The number of furan rings is 1. The van der Waals surface area contributed by atoms with Crippen molar-refractivity contribution in [2.75, 3.05) is 0 Å². The zero-order valence-corrected chi connectivity index (χ0v) is 39.0. The molecule has 18 bridgehead atoms. The molecule has 2 saturated carbocycles. The predicted molar refractivity (Wildman–Crippen MR) is 277 cm³/mol. The van der Waals surface area contributed by atoms with Crippen LogP contribution in [0.25, 0.3) is 55.8 Å². The summed E-state index contributed by atoms with van der Waals surface area (Å²) in [7, 11) is 0. The number of aromatic nitrogens is 4. The molecule has 3 aromatic carbocycles. The van der Waals surface area contributed by atoms with Gasteiger partial charge in [-0.2, -0.15) is 0 Å². The Labute approximate surface area is 417 Å². The summed E-state index contributed by atoms with van der Waals surface area (Å²) in [5, 5.41) is 0.963. The zero-order chi connectivity index (χ0) is 54.4. The van der Waals surface area contributed by atoms with Gasteiger partial charge in [-0.15, -0.1) is 0 Å². The quantitative estimate of drug-likeness (QED) is 0.152. The lowest BCUT2D eigenvalue weighted by molar-refractivity contribution is 0.172. The van der Waals surface area contributed by atoms with Crippen LogP contribution in [0, 0.1) is 42.4 Å². The van der Waals surface area contributed by atoms with Gasteiger partial charge in [-0.25, -0.2) is 4.98 Å². The van der Waals surface area contributed by atoms with Gasteiger partial charge in [-0.05, 0) is 228 Å². The lowest BCUT2D eigenvalue weighted by Gasteiger charge is -2.35. The third-order valence-electron chi connectivity index (χ3n) is 15.4. The molecule has 68 heavy (non-hydrogen) atoms. The molecule has 5 aromatic heterocycles. The van der Waals surface area contributed by atoms with E-state index in [2.05, 4.69) is 30.3 Å². The van der Waals surface area contributed by atoms with Crippen LogP contribution < -0.4 is 0 Å². The van der Waals surface area contributed by atoms with Crippen LogP contribution in [-0.2, 0) is 38.5 Å². The molecule has 2 fully saturated rings. The van der Waals surface area contributed by atoms with Crippen LogP contribution in [0.3, 0.4) is 0 Å². The second kappa shape index (κ2) is 19.2. The smallest absolute Gasteiger partial charge is 0.227 e. The fraction of sp³-hybridized carbons (Fsp3) is 0.397. The van der Waals surface area contributed by atoms with E-state index in [4.69, 9.17) is 24.4 Å². The maximum Gasteiger partial charge on any atom is 0.227 e. The van der Waals surface area contributed by atoms with Gasteiger partial charge >= 0.3 is 0 Å². The van der Waals surface area contributed by atoms with Crippen LogP contribution in [0.5, 0.6) is 0 Å². The number of hydrogen-bond donors (Lipinski definition) is 0. The van der Waals surface area contributed by atoms with Crippen LogP contribution in [-0.4, -0.2) is 19.9 Å². The Morgan fingerprint density at radius 2 is 0.926 bits per heavy atom. The van der Waals surface area contributed by atoms with E-state index < -0.39 is 55.5 Å². The van der Waals surface area contributed by atoms with Gasteiger partial charge in [0.15, 0.2) is 0 Å². The zero-order valence-electron chi connectivity index (χ0n) is 49.0. The van der Waals surface area contributed by atoms with Crippen molar-refractivity contribution in [2.45, 2.75) is 122 Å². The highest BCUT2D eigenvalue weighted by atomic mass is 16.3. The van der Waals surface area contributed by atoms with Crippen LogP contribution in [0.1, 0.15) is 130 Å². The van der Waals surface area contributed by atoms with E-state index in [0.717, 1.165) is 57.6 Å². The molecular formula is C63H66N4O. The highest BCUT2D eigenvalue weighted by molar-refractivity contribution is 6.10. The molecule has 8 aromatic rings. The molecule has 0 N–H and O–H groups in total. The SMILES string of the molecule is [2H]C1([2H])Cc2ccc(nc2)-c2ccc(cc2)CC([2H])([2H])C2CC3CCc4ccc(cc4)-c4ccc(cn4)CCC4CC1CC(C4)C([2H])([2H])Cc1ccc(nc1)-c1ccc(c4c1oc1nc(C)ccc14)C([2H])([2H])C([2H])([2H])C(C3)C2. The van der Waals surface area contributed by atoms with E-state index in [-0.39, 0.29) is 43.1 Å². The molecule has 17 heterocycles. The number of pyridine rings is 4. The molecular weight excluding hydrogens is 829 g/mol. The number of aryl methyl sites for hydroxylation is 7. The third-order valence-corrected chi connectivity index (χ3v) is 15.4. The molecule has 11 aliphatic carbocycles. The minimum Gasteiger partial charge on any atom is -0.437 e. The highest BCUT2D eigenvalue weighted by Crippen LogP contribution is 2.44. The van der Waals surface area contributed by atoms with Gasteiger partial charge in [0, 0.05) is 65.5 Å². The van der Waals surface area contributed by atoms with Gasteiger partial charge in [0.05, 0.1) is 17.1 Å². The Balaban J connectivity index is 1.01. The second-order valence-electron chi connectivity index (χ2n) is 20.2. The van der Waals surface area contributed by atoms with Gasteiger partial charge in [0.2, 0.25) is 5.71 Å². The molecule has 12 aliphatic heterocycles. The number of nitrogens with zero attached hydrogens (tertiary/aromatic N) is 4. The van der Waals surface area contributed by atoms with E-state index >= 15 is 0 Å². The highest BCUT2D eigenvalue weighted by Gasteiger charge is 2.31. The number of hydrogen-bond acceptors (Lipinski definition) is 5. The van der Waals surface area contributed by atoms with Gasteiger partial charge in [0.25, 0.3) is 0 Å². The van der Waals surface area contributed by atoms with Crippen molar-refractivity contribution in [3.05, 3.63) is 167 Å². The summed E-state index contributed by atoms with van der Waals surface area (Å²) in [5.74, 6) is -2.27. The van der Waals surface area contributed by atoms with Crippen LogP contribution >= 0.6 is 0 Å². The summed E-state index contributed by atoms with van der Waals surface area (Å²) >= 11 is 0. The van der Waals surface area contributed by atoms with Crippen molar-refractivity contribution in [1.29, 1.82) is 0 Å². The standard InChI is InChI=1S/C63H66N4O/c1-41-2-27-57-61-55-25-17-52-36-47-8-3-42-13-21-53(22-14-42)58-29-18-44(38-64-58)5-10-49-33-50(11-6-45-19-30-59(65-39-45)54-23-15-43(16-24-54)4-9-48(32-47)37-52)35-51(34-49)12-7-46-20-31-60(66-40-46)56(28-26-55)62(61)68-63(57)67-41/h2,13-16,18-24,26-31,38-40,47-52H,3-12,17,25,32-37H2,1H3/i8D2,10D2,12D2,17D2,25D2. The van der Waals surface area contributed by atoms with E-state index in [1.54, 1.807) is 24.5 Å². The topological polar surface area (TPSA) is 64.7 Å². The average molecular weight is 905 g/mol. The van der Waals surface area contributed by atoms with Crippen molar-refractivity contribution in [3.63, 3.8) is 0 Å². The molecule has 6 atom stereocenters. The fourth-order valence-electron chi connectivity index (χ4n) is 11.6. The summed E-state index contributed by atoms with van der Waals surface area (Å²) in [6, 6.07) is 35.0. The summed E-state index contributed by atoms with van der Waals surface area (Å²) in [4.78, 5) is 19.3. The van der Waals surface area contributed by atoms with Gasteiger partial charge in [-0.3, -0.25) is 15.0 Å². The summed E-state index contributed by atoms with van der Waals surface area (Å²) in [6.07, 6.45) is 1.20. The van der Waals surface area contributed by atoms with Crippen molar-refractivity contribution >= 4 is 22.1 Å². The molecule has 6 unspecified atom stereocenters. The van der Waals surface area contributed by atoms with Gasteiger partial charge in [0.1, 0.15) is 5.58 Å². The Morgan fingerprint density at radius 1 is 0.456 bits per heavy atom. The maximum absolute atomic E-state index is 10.1. The lowest BCUT2D eigenvalue weighted by Crippen LogP contribution is -2.24. The monoisotopic (exact) mass is 905 g/mol. The number of fused-ring (bicyclic) bond motifs is 1. The molecule has 344 valence electrons. The van der Waals surface area contributed by atoms with E-state index in [0.29, 0.717) is 89.5 Å². The molecule has 23 aliphatic rings. The molecule has 0 amide bonds. The average Bonchev–Trinajstić information content (AvgIpc) is 4.03. The third kappa shape index (κ3) is 9.56. The van der Waals surface area contributed by atoms with Crippen molar-refractivity contribution < 1.29 is 18.1 Å². The van der Waals surface area contributed by atoms with Crippen LogP contribution in [0.15, 0.2) is 132 Å². The fourth-order valence-corrected chi connectivity index (χ4v) is 11.6. The molecule has 0 saturated heterocycles. The first-order chi connectivity index (χ1) is 37.2. The summed E-state index contributed by atoms with van der Waals surface area (Å²) in [5.41, 5.74) is 10.4. The van der Waals surface area contributed by atoms with E-state index in [9.17, 15) is 13.7 Å². The first-order valence-corrected chi connectivity index (χ1v) is 25.1. The van der Waals surface area contributed by atoms with Crippen molar-refractivity contribution in [3.8, 4) is 33.8 Å². The van der Waals surface area contributed by atoms with Crippen LogP contribution in [0.2, 0.25) is 0 Å². The largest absolute Gasteiger partial charge is 0.437 e. The van der Waals surface area contributed by atoms with E-state index in [1.807, 2.05) is 79.9 Å². The first kappa shape index (κ1) is 33.5. The normalized spacial score (nSPS) is 29.4. The van der Waals surface area contributed by atoms with Crippen LogP contribution in [0.4, 0.5) is 0 Å². The van der Waals surface area contributed by atoms with E-state index in [1.165, 1.54) is 0 Å². The Morgan fingerprint density at radius 3 is 1.49 bits per heavy atom. The summed E-state index contributed by atoms with van der Waals surface area (Å²) < 4.78 is 105.